The minimum atomic E-state index is -0.501. The first kappa shape index (κ1) is 16.6. The molecule has 0 saturated heterocycles. The van der Waals surface area contributed by atoms with Crippen LogP contribution in [0.4, 0.5) is 4.39 Å². The van der Waals surface area contributed by atoms with E-state index in [0.717, 1.165) is 0 Å². The summed E-state index contributed by atoms with van der Waals surface area (Å²) in [6, 6.07) is 12.2. The van der Waals surface area contributed by atoms with Gasteiger partial charge in [-0.2, -0.15) is 4.98 Å². The van der Waals surface area contributed by atoms with Gasteiger partial charge < -0.3 is 14.6 Å². The molecule has 0 aliphatic carbocycles. The maximum atomic E-state index is 13.0. The van der Waals surface area contributed by atoms with Gasteiger partial charge in [-0.25, -0.2) is 4.39 Å². The molecule has 1 amide bonds. The highest BCUT2D eigenvalue weighted by Crippen LogP contribution is 2.21. The largest absolute Gasteiger partial charge is 0.496 e. The zero-order valence-corrected chi connectivity index (χ0v) is 13.7. The molecule has 1 heterocycles. The molecule has 0 aliphatic rings. The van der Waals surface area contributed by atoms with Crippen LogP contribution in [0.1, 0.15) is 29.2 Å². The SMILES string of the molecule is COc1ccccc1C(=O)N[C@H](C)c1nc(-c2ccc(F)cc2)no1. The Kier molecular flexibility index (Phi) is 4.74. The summed E-state index contributed by atoms with van der Waals surface area (Å²) in [5, 5.41) is 6.65. The molecule has 3 rings (SSSR count). The molecule has 0 fully saturated rings. The fraction of sp³-hybridized carbons (Fsp3) is 0.167. The number of hydrogen-bond acceptors (Lipinski definition) is 5. The van der Waals surface area contributed by atoms with Crippen LogP contribution in [0.2, 0.25) is 0 Å². The number of carbonyl (C=O) groups excluding carboxylic acids is 1. The predicted octanol–water partition coefficient (Wildman–Crippen LogP) is 3.38. The number of aromatic nitrogens is 2. The van der Waals surface area contributed by atoms with E-state index in [9.17, 15) is 9.18 Å². The summed E-state index contributed by atoms with van der Waals surface area (Å²) in [4.78, 5) is 16.7. The van der Waals surface area contributed by atoms with E-state index < -0.39 is 6.04 Å². The average molecular weight is 341 g/mol. The second-order valence-corrected chi connectivity index (χ2v) is 5.36. The average Bonchev–Trinajstić information content (AvgIpc) is 3.12. The molecule has 0 bridgehead atoms. The Morgan fingerprint density at radius 1 is 1.20 bits per heavy atom. The molecule has 0 saturated carbocycles. The summed E-state index contributed by atoms with van der Waals surface area (Å²) < 4.78 is 23.4. The molecule has 6 nitrogen and oxygen atoms in total. The summed E-state index contributed by atoms with van der Waals surface area (Å²) in [6.07, 6.45) is 0. The van der Waals surface area contributed by atoms with Crippen LogP contribution in [0.5, 0.6) is 5.75 Å². The molecular weight excluding hydrogens is 325 g/mol. The van der Waals surface area contributed by atoms with Crippen LogP contribution in [0, 0.1) is 5.82 Å². The van der Waals surface area contributed by atoms with Gasteiger partial charge in [-0.05, 0) is 43.3 Å². The van der Waals surface area contributed by atoms with Crippen molar-refractivity contribution >= 4 is 5.91 Å². The first-order chi connectivity index (χ1) is 12.1. The van der Waals surface area contributed by atoms with Crippen molar-refractivity contribution in [3.8, 4) is 17.1 Å². The first-order valence-corrected chi connectivity index (χ1v) is 7.62. The van der Waals surface area contributed by atoms with Crippen molar-refractivity contribution in [2.24, 2.45) is 0 Å². The minimum absolute atomic E-state index is 0.252. The summed E-state index contributed by atoms with van der Waals surface area (Å²) in [6.45, 7) is 1.73. The normalized spacial score (nSPS) is 11.8. The molecule has 0 unspecified atom stereocenters. The smallest absolute Gasteiger partial charge is 0.255 e. The highest BCUT2D eigenvalue weighted by atomic mass is 19.1. The van der Waals surface area contributed by atoms with Gasteiger partial charge in [-0.15, -0.1) is 0 Å². The van der Waals surface area contributed by atoms with Gasteiger partial charge in [0.2, 0.25) is 11.7 Å². The lowest BCUT2D eigenvalue weighted by Gasteiger charge is -2.12. The van der Waals surface area contributed by atoms with E-state index in [1.54, 1.807) is 43.3 Å². The van der Waals surface area contributed by atoms with E-state index in [-0.39, 0.29) is 17.6 Å². The van der Waals surface area contributed by atoms with Gasteiger partial charge in [-0.1, -0.05) is 17.3 Å². The van der Waals surface area contributed by atoms with Crippen molar-refractivity contribution in [2.75, 3.05) is 7.11 Å². The minimum Gasteiger partial charge on any atom is -0.496 e. The maximum Gasteiger partial charge on any atom is 0.255 e. The van der Waals surface area contributed by atoms with Gasteiger partial charge >= 0.3 is 0 Å². The van der Waals surface area contributed by atoms with Crippen LogP contribution in [0.15, 0.2) is 53.1 Å². The molecular formula is C18H16FN3O3. The van der Waals surface area contributed by atoms with Gasteiger partial charge in [0, 0.05) is 5.56 Å². The van der Waals surface area contributed by atoms with Crippen molar-refractivity contribution in [1.29, 1.82) is 0 Å². The lowest BCUT2D eigenvalue weighted by molar-refractivity contribution is 0.0929. The second-order valence-electron chi connectivity index (χ2n) is 5.36. The van der Waals surface area contributed by atoms with E-state index in [1.165, 1.54) is 19.2 Å². The van der Waals surface area contributed by atoms with Gasteiger partial charge in [0.15, 0.2) is 0 Å². The van der Waals surface area contributed by atoms with Gasteiger partial charge in [0.25, 0.3) is 5.91 Å². The van der Waals surface area contributed by atoms with Crippen LogP contribution in [0.3, 0.4) is 0 Å². The van der Waals surface area contributed by atoms with Crippen LogP contribution in [-0.4, -0.2) is 23.2 Å². The molecule has 1 aromatic heterocycles. The molecule has 0 radical (unpaired) electrons. The van der Waals surface area contributed by atoms with Gasteiger partial charge in [0.05, 0.1) is 12.7 Å². The van der Waals surface area contributed by atoms with Crippen LogP contribution >= 0.6 is 0 Å². The van der Waals surface area contributed by atoms with Gasteiger partial charge in [0.1, 0.15) is 17.6 Å². The van der Waals surface area contributed by atoms with Crippen molar-refractivity contribution in [3.05, 3.63) is 65.8 Å². The number of rotatable bonds is 5. The number of benzene rings is 2. The number of halogens is 1. The number of amides is 1. The summed E-state index contributed by atoms with van der Waals surface area (Å²) >= 11 is 0. The molecule has 2 aromatic carbocycles. The van der Waals surface area contributed by atoms with Crippen LogP contribution in [0.25, 0.3) is 11.4 Å². The molecule has 1 N–H and O–H groups in total. The zero-order valence-electron chi connectivity index (χ0n) is 13.7. The fourth-order valence-electron chi connectivity index (χ4n) is 2.30. The Hall–Kier alpha value is -3.22. The third kappa shape index (κ3) is 3.65. The Labute approximate surface area is 143 Å². The topological polar surface area (TPSA) is 77.2 Å². The van der Waals surface area contributed by atoms with Crippen molar-refractivity contribution < 1.29 is 18.4 Å². The summed E-state index contributed by atoms with van der Waals surface area (Å²) in [5.41, 5.74) is 1.04. The molecule has 7 heteroatoms. The number of methoxy groups -OCH3 is 1. The highest BCUT2D eigenvalue weighted by molar-refractivity contribution is 5.97. The van der Waals surface area contributed by atoms with Crippen molar-refractivity contribution in [2.45, 2.75) is 13.0 Å². The van der Waals surface area contributed by atoms with E-state index >= 15 is 0 Å². The number of carbonyl (C=O) groups is 1. The Balaban J connectivity index is 1.74. The lowest BCUT2D eigenvalue weighted by Crippen LogP contribution is -2.27. The Bertz CT molecular complexity index is 877. The second kappa shape index (κ2) is 7.12. The van der Waals surface area contributed by atoms with Crippen molar-refractivity contribution in [1.82, 2.24) is 15.5 Å². The molecule has 25 heavy (non-hydrogen) atoms. The third-order valence-electron chi connectivity index (χ3n) is 3.61. The zero-order chi connectivity index (χ0) is 17.8. The van der Waals surface area contributed by atoms with E-state index in [1.807, 2.05) is 0 Å². The monoisotopic (exact) mass is 341 g/mol. The number of hydrogen-bond donors (Lipinski definition) is 1. The van der Waals surface area contributed by atoms with Crippen molar-refractivity contribution in [3.63, 3.8) is 0 Å². The van der Waals surface area contributed by atoms with E-state index in [2.05, 4.69) is 15.5 Å². The number of nitrogens with zero attached hydrogens (tertiary/aromatic N) is 2. The van der Waals surface area contributed by atoms with Crippen LogP contribution < -0.4 is 10.1 Å². The number of para-hydroxylation sites is 1. The Morgan fingerprint density at radius 2 is 1.92 bits per heavy atom. The van der Waals surface area contributed by atoms with E-state index in [0.29, 0.717) is 22.7 Å². The van der Waals surface area contributed by atoms with E-state index in [4.69, 9.17) is 9.26 Å². The fourth-order valence-corrected chi connectivity index (χ4v) is 2.30. The predicted molar refractivity (Wildman–Crippen MR) is 88.6 cm³/mol. The van der Waals surface area contributed by atoms with Gasteiger partial charge in [-0.3, -0.25) is 4.79 Å². The lowest BCUT2D eigenvalue weighted by atomic mass is 10.1. The molecule has 3 aromatic rings. The number of nitrogens with one attached hydrogen (secondary N) is 1. The molecule has 1 atom stereocenters. The Morgan fingerprint density at radius 3 is 2.64 bits per heavy atom. The number of ether oxygens (including phenoxy) is 1. The standard InChI is InChI=1S/C18H16FN3O3/c1-11(20-17(23)14-5-3-4-6-15(14)24-2)18-21-16(22-25-18)12-7-9-13(19)10-8-12/h3-11H,1-2H3,(H,20,23)/t11-/m1/s1. The maximum absolute atomic E-state index is 13.0. The summed E-state index contributed by atoms with van der Waals surface area (Å²) in [5.74, 6) is 0.400. The third-order valence-corrected chi connectivity index (χ3v) is 3.61. The molecule has 0 aliphatic heterocycles. The quantitative estimate of drug-likeness (QED) is 0.770. The van der Waals surface area contributed by atoms with Crippen LogP contribution in [-0.2, 0) is 0 Å². The molecule has 128 valence electrons. The molecule has 0 spiro atoms. The first-order valence-electron chi connectivity index (χ1n) is 7.62. The highest BCUT2D eigenvalue weighted by Gasteiger charge is 2.20. The summed E-state index contributed by atoms with van der Waals surface area (Å²) in [7, 11) is 1.50.